The summed E-state index contributed by atoms with van der Waals surface area (Å²) >= 11 is 1.39. The number of carbonyl (C=O) groups is 1. The van der Waals surface area contributed by atoms with Gasteiger partial charge in [0.25, 0.3) is 0 Å². The molecule has 0 radical (unpaired) electrons. The number of hydrogen-bond acceptors (Lipinski definition) is 9. The molecule has 156 valence electrons. The molecule has 2 heterocycles. The first kappa shape index (κ1) is 21.2. The summed E-state index contributed by atoms with van der Waals surface area (Å²) in [5.41, 5.74) is 4.45. The lowest BCUT2D eigenvalue weighted by molar-refractivity contribution is -0.142. The normalized spacial score (nSPS) is 14.8. The predicted molar refractivity (Wildman–Crippen MR) is 113 cm³/mol. The van der Waals surface area contributed by atoms with Crippen LogP contribution in [0.4, 0.5) is 5.13 Å². The molecule has 2 aromatic rings. The Bertz CT molecular complexity index is 805. The molecule has 0 unspecified atom stereocenters. The molecule has 0 saturated carbocycles. The van der Waals surface area contributed by atoms with E-state index in [1.807, 2.05) is 29.6 Å². The Morgan fingerprint density at radius 1 is 1.38 bits per heavy atom. The van der Waals surface area contributed by atoms with Gasteiger partial charge in [0.15, 0.2) is 0 Å². The molecule has 0 spiro atoms. The number of hydrazone groups is 1. The largest absolute Gasteiger partial charge is 0.492 e. The molecule has 0 aliphatic carbocycles. The zero-order valence-electron chi connectivity index (χ0n) is 16.5. The lowest BCUT2D eigenvalue weighted by Crippen LogP contribution is -2.38. The van der Waals surface area contributed by atoms with Crippen molar-refractivity contribution >= 4 is 28.7 Å². The molecule has 1 aliphatic heterocycles. The van der Waals surface area contributed by atoms with Crippen molar-refractivity contribution in [3.63, 3.8) is 0 Å². The van der Waals surface area contributed by atoms with Crippen molar-refractivity contribution < 1.29 is 19.0 Å². The highest BCUT2D eigenvalue weighted by atomic mass is 32.1. The van der Waals surface area contributed by atoms with Gasteiger partial charge in [0, 0.05) is 30.6 Å². The number of thiazole rings is 1. The quantitative estimate of drug-likeness (QED) is 0.360. The molecule has 8 nitrogen and oxygen atoms in total. The Morgan fingerprint density at radius 3 is 3.03 bits per heavy atom. The third-order valence-electron chi connectivity index (χ3n) is 4.23. The summed E-state index contributed by atoms with van der Waals surface area (Å²) in [5.74, 6) is 0.504. The Labute approximate surface area is 174 Å². The summed E-state index contributed by atoms with van der Waals surface area (Å²) in [5, 5.41) is 6.68. The minimum Gasteiger partial charge on any atom is -0.492 e. The Morgan fingerprint density at radius 2 is 2.21 bits per heavy atom. The van der Waals surface area contributed by atoms with Crippen LogP contribution >= 0.6 is 11.3 Å². The number of benzene rings is 1. The lowest BCUT2D eigenvalue weighted by Gasteiger charge is -2.26. The highest BCUT2D eigenvalue weighted by Crippen LogP contribution is 2.18. The van der Waals surface area contributed by atoms with Gasteiger partial charge in [-0.1, -0.05) is 12.1 Å². The molecule has 1 fully saturated rings. The van der Waals surface area contributed by atoms with Crippen LogP contribution in [0.3, 0.4) is 0 Å². The number of nitrogens with zero attached hydrogens (tertiary/aromatic N) is 3. The molecule has 0 atom stereocenters. The van der Waals surface area contributed by atoms with Gasteiger partial charge in [-0.05, 0) is 19.1 Å². The van der Waals surface area contributed by atoms with Gasteiger partial charge in [-0.15, -0.1) is 11.3 Å². The van der Waals surface area contributed by atoms with Crippen LogP contribution in [-0.2, 0) is 20.7 Å². The van der Waals surface area contributed by atoms with Gasteiger partial charge in [-0.2, -0.15) is 5.10 Å². The molecule has 1 aromatic heterocycles. The standard InChI is InChI=1S/C20H26N4O4S/c1-2-27-19(25)13-17-15-29-20(22-17)23-21-14-16-5-3-4-6-18(16)28-12-9-24-7-10-26-11-8-24/h3-6,14-15H,2,7-13H2,1H3,(H,22,23). The van der Waals surface area contributed by atoms with Crippen molar-refractivity contribution in [2.75, 3.05) is 51.5 Å². The summed E-state index contributed by atoms with van der Waals surface area (Å²) in [6.45, 7) is 7.10. The Kier molecular flexibility index (Phi) is 8.41. The van der Waals surface area contributed by atoms with Crippen molar-refractivity contribution in [2.24, 2.45) is 5.10 Å². The second-order valence-electron chi connectivity index (χ2n) is 6.34. The lowest BCUT2D eigenvalue weighted by atomic mass is 10.2. The van der Waals surface area contributed by atoms with Crippen LogP contribution in [0, 0.1) is 0 Å². The van der Waals surface area contributed by atoms with E-state index in [1.165, 1.54) is 11.3 Å². The molecule has 1 aliphatic rings. The van der Waals surface area contributed by atoms with E-state index >= 15 is 0 Å². The van der Waals surface area contributed by atoms with Crippen LogP contribution in [0.1, 0.15) is 18.2 Å². The number of esters is 1. The molecule has 0 amide bonds. The zero-order chi connectivity index (χ0) is 20.3. The van der Waals surface area contributed by atoms with Gasteiger partial charge >= 0.3 is 5.97 Å². The molecule has 29 heavy (non-hydrogen) atoms. The van der Waals surface area contributed by atoms with Crippen molar-refractivity contribution in [1.82, 2.24) is 9.88 Å². The Balaban J connectivity index is 1.49. The summed E-state index contributed by atoms with van der Waals surface area (Å²) in [6.07, 6.45) is 1.87. The highest BCUT2D eigenvalue weighted by molar-refractivity contribution is 7.13. The molecule has 3 rings (SSSR count). The van der Waals surface area contributed by atoms with Crippen LogP contribution in [0.2, 0.25) is 0 Å². The number of para-hydroxylation sites is 1. The van der Waals surface area contributed by atoms with Crippen LogP contribution < -0.4 is 10.2 Å². The predicted octanol–water partition coefficient (Wildman–Crippen LogP) is 2.41. The molecule has 9 heteroatoms. The molecule has 1 saturated heterocycles. The molecule has 1 aromatic carbocycles. The number of rotatable bonds is 10. The second-order valence-corrected chi connectivity index (χ2v) is 7.19. The third kappa shape index (κ3) is 7.12. The topological polar surface area (TPSA) is 85.3 Å². The second kappa shape index (κ2) is 11.5. The number of nitrogens with one attached hydrogen (secondary N) is 1. The zero-order valence-corrected chi connectivity index (χ0v) is 17.3. The summed E-state index contributed by atoms with van der Waals surface area (Å²) in [7, 11) is 0. The van der Waals surface area contributed by atoms with Gasteiger partial charge < -0.3 is 14.2 Å². The SMILES string of the molecule is CCOC(=O)Cc1csc(NN=Cc2ccccc2OCCN2CCOCC2)n1. The minimum atomic E-state index is -0.281. The summed E-state index contributed by atoms with van der Waals surface area (Å²) in [4.78, 5) is 18.2. The van der Waals surface area contributed by atoms with Crippen LogP contribution in [0.5, 0.6) is 5.75 Å². The maximum absolute atomic E-state index is 11.5. The summed E-state index contributed by atoms with van der Waals surface area (Å²) < 4.78 is 16.2. The van der Waals surface area contributed by atoms with E-state index in [1.54, 1.807) is 13.1 Å². The van der Waals surface area contributed by atoms with Crippen molar-refractivity contribution in [1.29, 1.82) is 0 Å². The van der Waals surface area contributed by atoms with Crippen LogP contribution in [0.15, 0.2) is 34.7 Å². The van der Waals surface area contributed by atoms with Gasteiger partial charge in [-0.25, -0.2) is 4.98 Å². The van der Waals surface area contributed by atoms with Gasteiger partial charge in [0.05, 0.1) is 38.1 Å². The number of hydrogen-bond donors (Lipinski definition) is 1. The number of ether oxygens (including phenoxy) is 3. The van der Waals surface area contributed by atoms with E-state index < -0.39 is 0 Å². The van der Waals surface area contributed by atoms with E-state index in [9.17, 15) is 4.79 Å². The molecular weight excluding hydrogens is 392 g/mol. The minimum absolute atomic E-state index is 0.162. The fourth-order valence-electron chi connectivity index (χ4n) is 2.78. The first-order valence-corrected chi connectivity index (χ1v) is 10.5. The molecular formula is C20H26N4O4S. The number of aromatic nitrogens is 1. The number of morpholine rings is 1. The average molecular weight is 419 g/mol. The van der Waals surface area contributed by atoms with Gasteiger partial charge in [0.1, 0.15) is 12.4 Å². The van der Waals surface area contributed by atoms with Crippen molar-refractivity contribution in [2.45, 2.75) is 13.3 Å². The number of carbonyl (C=O) groups excluding carboxylic acids is 1. The van der Waals surface area contributed by atoms with Crippen LogP contribution in [0.25, 0.3) is 0 Å². The maximum Gasteiger partial charge on any atom is 0.311 e. The van der Waals surface area contributed by atoms with Crippen LogP contribution in [-0.4, -0.2) is 68.1 Å². The smallest absolute Gasteiger partial charge is 0.311 e. The first-order chi connectivity index (χ1) is 14.2. The van der Waals surface area contributed by atoms with E-state index in [4.69, 9.17) is 14.2 Å². The fraction of sp³-hybridized carbons (Fsp3) is 0.450. The average Bonchev–Trinajstić information content (AvgIpc) is 3.17. The van der Waals surface area contributed by atoms with E-state index in [0.29, 0.717) is 24.0 Å². The third-order valence-corrected chi connectivity index (χ3v) is 5.03. The van der Waals surface area contributed by atoms with Gasteiger partial charge in [-0.3, -0.25) is 15.1 Å². The summed E-state index contributed by atoms with van der Waals surface area (Å²) in [6, 6.07) is 7.76. The first-order valence-electron chi connectivity index (χ1n) is 9.65. The Hall–Kier alpha value is -2.49. The molecule has 1 N–H and O–H groups in total. The monoisotopic (exact) mass is 418 g/mol. The van der Waals surface area contributed by atoms with Gasteiger partial charge in [0.2, 0.25) is 5.13 Å². The van der Waals surface area contributed by atoms with E-state index in [2.05, 4.69) is 20.4 Å². The highest BCUT2D eigenvalue weighted by Gasteiger charge is 2.10. The van der Waals surface area contributed by atoms with Crippen molar-refractivity contribution in [3.05, 3.63) is 40.9 Å². The van der Waals surface area contributed by atoms with E-state index in [-0.39, 0.29) is 12.4 Å². The number of anilines is 1. The molecule has 0 bridgehead atoms. The van der Waals surface area contributed by atoms with Crippen molar-refractivity contribution in [3.8, 4) is 5.75 Å². The maximum atomic E-state index is 11.5. The fourth-order valence-corrected chi connectivity index (χ4v) is 3.44. The van der Waals surface area contributed by atoms with E-state index in [0.717, 1.165) is 44.2 Å².